The van der Waals surface area contributed by atoms with Crippen molar-refractivity contribution in [2.24, 2.45) is 0 Å². The van der Waals surface area contributed by atoms with E-state index >= 15 is 0 Å². The first kappa shape index (κ1) is 14.0. The maximum Gasteiger partial charge on any atom is 0.402 e. The van der Waals surface area contributed by atoms with Crippen LogP contribution in [0.3, 0.4) is 0 Å². The maximum atomic E-state index is 11.9. The SMILES string of the molecule is CN(CC(Br)C(F)(F)F)CC(F)(F)F. The van der Waals surface area contributed by atoms with Gasteiger partial charge in [0, 0.05) is 6.54 Å². The minimum absolute atomic E-state index is 0.562. The van der Waals surface area contributed by atoms with E-state index in [9.17, 15) is 26.3 Å². The molecular formula is C6H8BrF6N. The van der Waals surface area contributed by atoms with Crippen molar-refractivity contribution in [2.45, 2.75) is 17.2 Å². The van der Waals surface area contributed by atoms with E-state index in [0.717, 1.165) is 7.05 Å². The molecule has 0 aliphatic carbocycles. The van der Waals surface area contributed by atoms with Crippen molar-refractivity contribution in [2.75, 3.05) is 20.1 Å². The highest BCUT2D eigenvalue weighted by molar-refractivity contribution is 9.09. The summed E-state index contributed by atoms with van der Waals surface area (Å²) in [5.41, 5.74) is 0. The lowest BCUT2D eigenvalue weighted by molar-refractivity contribution is -0.154. The highest BCUT2D eigenvalue weighted by atomic mass is 79.9. The second kappa shape index (κ2) is 4.69. The molecule has 1 atom stereocenters. The lowest BCUT2D eigenvalue weighted by Crippen LogP contribution is -2.39. The van der Waals surface area contributed by atoms with Crippen LogP contribution in [-0.4, -0.2) is 42.2 Å². The Balaban J connectivity index is 4.01. The molecule has 0 aromatic carbocycles. The van der Waals surface area contributed by atoms with Gasteiger partial charge in [-0.05, 0) is 7.05 Å². The Hall–Kier alpha value is 0.0200. The first-order valence-electron chi connectivity index (χ1n) is 3.48. The van der Waals surface area contributed by atoms with Gasteiger partial charge in [-0.2, -0.15) is 26.3 Å². The van der Waals surface area contributed by atoms with Crippen LogP contribution in [0.1, 0.15) is 0 Å². The van der Waals surface area contributed by atoms with E-state index in [2.05, 4.69) is 15.9 Å². The van der Waals surface area contributed by atoms with Crippen LogP contribution in [0.4, 0.5) is 26.3 Å². The van der Waals surface area contributed by atoms with Gasteiger partial charge in [0.25, 0.3) is 0 Å². The molecule has 0 rings (SSSR count). The molecule has 1 unspecified atom stereocenters. The van der Waals surface area contributed by atoms with E-state index in [0.29, 0.717) is 4.90 Å². The molecule has 14 heavy (non-hydrogen) atoms. The number of hydrogen-bond acceptors (Lipinski definition) is 1. The van der Waals surface area contributed by atoms with Crippen LogP contribution in [0.15, 0.2) is 0 Å². The summed E-state index contributed by atoms with van der Waals surface area (Å²) in [7, 11) is 0.980. The predicted octanol–water partition coefficient (Wildman–Crippen LogP) is 2.81. The van der Waals surface area contributed by atoms with E-state index in [-0.39, 0.29) is 0 Å². The molecule has 86 valence electrons. The molecule has 0 bridgehead atoms. The number of alkyl halides is 7. The third-order valence-electron chi connectivity index (χ3n) is 1.28. The Morgan fingerprint density at radius 1 is 1.14 bits per heavy atom. The fraction of sp³-hybridized carbons (Fsp3) is 1.00. The van der Waals surface area contributed by atoms with Crippen LogP contribution >= 0.6 is 15.9 Å². The molecule has 0 amide bonds. The van der Waals surface area contributed by atoms with Crippen molar-refractivity contribution < 1.29 is 26.3 Å². The third-order valence-corrected chi connectivity index (χ3v) is 2.09. The third kappa shape index (κ3) is 6.47. The van der Waals surface area contributed by atoms with E-state index in [1.54, 1.807) is 0 Å². The van der Waals surface area contributed by atoms with Gasteiger partial charge in [-0.1, -0.05) is 15.9 Å². The summed E-state index contributed by atoms with van der Waals surface area (Å²) in [6.45, 7) is -2.09. The molecule has 0 fully saturated rings. The summed E-state index contributed by atoms with van der Waals surface area (Å²) in [5, 5.41) is 0. The van der Waals surface area contributed by atoms with Gasteiger partial charge < -0.3 is 0 Å². The van der Waals surface area contributed by atoms with Crippen LogP contribution < -0.4 is 0 Å². The lowest BCUT2D eigenvalue weighted by Gasteiger charge is -2.22. The summed E-state index contributed by atoms with van der Waals surface area (Å²) < 4.78 is 70.8. The minimum atomic E-state index is -4.53. The Kier molecular flexibility index (Phi) is 4.70. The monoisotopic (exact) mass is 287 g/mol. The summed E-state index contributed by atoms with van der Waals surface area (Å²) >= 11 is 2.27. The van der Waals surface area contributed by atoms with Gasteiger partial charge in [-0.25, -0.2) is 0 Å². The van der Waals surface area contributed by atoms with Crippen LogP contribution in [0.2, 0.25) is 0 Å². The van der Waals surface area contributed by atoms with Crippen LogP contribution in [0.25, 0.3) is 0 Å². The quantitative estimate of drug-likeness (QED) is 0.570. The first-order chi connectivity index (χ1) is 6.02. The van der Waals surface area contributed by atoms with Gasteiger partial charge in [0.05, 0.1) is 6.54 Å². The maximum absolute atomic E-state index is 11.9. The van der Waals surface area contributed by atoms with Crippen LogP contribution in [0.5, 0.6) is 0 Å². The molecule has 0 aliphatic heterocycles. The average molecular weight is 288 g/mol. The Labute approximate surface area is 85.2 Å². The van der Waals surface area contributed by atoms with Crippen molar-refractivity contribution in [3.8, 4) is 0 Å². The first-order valence-corrected chi connectivity index (χ1v) is 4.40. The standard InChI is InChI=1S/C6H8BrF6N/c1-14(3-5(8,9)10)2-4(7)6(11,12)13/h4H,2-3H2,1H3. The van der Waals surface area contributed by atoms with Gasteiger partial charge in [-0.15, -0.1) is 0 Å². The fourth-order valence-corrected chi connectivity index (χ4v) is 1.24. The van der Waals surface area contributed by atoms with Crippen LogP contribution in [-0.2, 0) is 0 Å². The van der Waals surface area contributed by atoms with E-state index < -0.39 is 30.3 Å². The molecule has 0 N–H and O–H groups in total. The zero-order valence-corrected chi connectivity index (χ0v) is 8.67. The van der Waals surface area contributed by atoms with Gasteiger partial charge in [0.15, 0.2) is 0 Å². The van der Waals surface area contributed by atoms with Crippen molar-refractivity contribution in [1.82, 2.24) is 4.90 Å². The second-order valence-corrected chi connectivity index (χ2v) is 3.93. The molecule has 0 saturated heterocycles. The molecule has 0 aromatic heterocycles. The number of rotatable bonds is 3. The Morgan fingerprint density at radius 2 is 1.57 bits per heavy atom. The molecule has 0 heterocycles. The number of hydrogen-bond donors (Lipinski definition) is 0. The Morgan fingerprint density at radius 3 is 1.86 bits per heavy atom. The molecule has 8 heteroatoms. The summed E-state index contributed by atoms with van der Waals surface area (Å²) in [4.78, 5) is -1.38. The minimum Gasteiger partial charge on any atom is -0.297 e. The van der Waals surface area contributed by atoms with Gasteiger partial charge in [0.2, 0.25) is 0 Å². The normalized spacial score (nSPS) is 16.1. The van der Waals surface area contributed by atoms with Crippen LogP contribution in [0, 0.1) is 0 Å². The lowest BCUT2D eigenvalue weighted by atomic mass is 10.4. The summed E-state index contributed by atoms with van der Waals surface area (Å²) in [6.07, 6.45) is -9.01. The largest absolute Gasteiger partial charge is 0.402 e. The smallest absolute Gasteiger partial charge is 0.297 e. The zero-order valence-electron chi connectivity index (χ0n) is 7.08. The van der Waals surface area contributed by atoms with Crippen molar-refractivity contribution >= 4 is 15.9 Å². The van der Waals surface area contributed by atoms with Crippen molar-refractivity contribution in [3.05, 3.63) is 0 Å². The van der Waals surface area contributed by atoms with Crippen molar-refractivity contribution in [1.29, 1.82) is 0 Å². The highest BCUT2D eigenvalue weighted by Gasteiger charge is 2.39. The highest BCUT2D eigenvalue weighted by Crippen LogP contribution is 2.27. The molecule has 0 radical (unpaired) electrons. The van der Waals surface area contributed by atoms with E-state index in [1.807, 2.05) is 0 Å². The van der Waals surface area contributed by atoms with Crippen molar-refractivity contribution in [3.63, 3.8) is 0 Å². The van der Waals surface area contributed by atoms with E-state index in [4.69, 9.17) is 0 Å². The zero-order chi connectivity index (χ0) is 11.6. The van der Waals surface area contributed by atoms with Gasteiger partial charge in [0.1, 0.15) is 4.83 Å². The number of nitrogens with zero attached hydrogens (tertiary/aromatic N) is 1. The number of halogens is 7. The van der Waals surface area contributed by atoms with Gasteiger partial charge >= 0.3 is 12.4 Å². The van der Waals surface area contributed by atoms with Gasteiger partial charge in [-0.3, -0.25) is 4.90 Å². The fourth-order valence-electron chi connectivity index (χ4n) is 0.748. The Bertz CT molecular complexity index is 176. The summed E-state index contributed by atoms with van der Waals surface area (Å²) in [5.74, 6) is 0. The second-order valence-electron chi connectivity index (χ2n) is 2.82. The summed E-state index contributed by atoms with van der Waals surface area (Å²) in [6, 6.07) is 0. The molecular weight excluding hydrogens is 280 g/mol. The topological polar surface area (TPSA) is 3.24 Å². The van der Waals surface area contributed by atoms with E-state index in [1.165, 1.54) is 0 Å². The predicted molar refractivity (Wildman–Crippen MR) is 42.3 cm³/mol. The molecule has 1 nitrogen and oxygen atoms in total. The average Bonchev–Trinajstić information content (AvgIpc) is 1.79. The molecule has 0 aliphatic rings. The molecule has 0 spiro atoms. The molecule has 0 saturated carbocycles. The molecule has 0 aromatic rings.